The number of benzene rings is 1. The third-order valence-electron chi connectivity index (χ3n) is 3.65. The molecule has 4 heteroatoms. The summed E-state index contributed by atoms with van der Waals surface area (Å²) in [6.45, 7) is 3.15. The molecule has 1 aromatic carbocycles. The van der Waals surface area contributed by atoms with Gasteiger partial charge in [0.15, 0.2) is 0 Å². The van der Waals surface area contributed by atoms with Crippen LogP contribution in [-0.4, -0.2) is 6.54 Å². The zero-order valence-electron chi connectivity index (χ0n) is 11.3. The van der Waals surface area contributed by atoms with Gasteiger partial charge in [-0.3, -0.25) is 0 Å². The predicted octanol–water partition coefficient (Wildman–Crippen LogP) is 5.38. The Morgan fingerprint density at radius 3 is 2.80 bits per heavy atom. The minimum absolute atomic E-state index is 0.214. The molecule has 1 atom stereocenters. The third-order valence-corrected chi connectivity index (χ3v) is 5.48. The number of hydrogen-bond donors (Lipinski definition) is 1. The van der Waals surface area contributed by atoms with Gasteiger partial charge < -0.3 is 5.32 Å². The topological polar surface area (TPSA) is 12.0 Å². The Morgan fingerprint density at radius 1 is 1.35 bits per heavy atom. The van der Waals surface area contributed by atoms with Crippen LogP contribution < -0.4 is 5.32 Å². The molecule has 1 aliphatic carbocycles. The molecule has 1 heterocycles. The first kappa shape index (κ1) is 14.2. The molecule has 1 N–H and O–H groups in total. The molecule has 1 aromatic heterocycles. The number of rotatable bonds is 5. The smallest absolute Gasteiger partial charge is 0.137 e. The fraction of sp³-hybridized carbons (Fsp3) is 0.375. The molecular weight excluding hydrogens is 337 g/mol. The van der Waals surface area contributed by atoms with Crippen LogP contribution in [0.25, 0.3) is 10.4 Å². The lowest BCUT2D eigenvalue weighted by atomic mass is 10.1. The maximum absolute atomic E-state index is 13.3. The number of hydrogen-bond acceptors (Lipinski definition) is 2. The van der Waals surface area contributed by atoms with Crippen LogP contribution >= 0.6 is 27.3 Å². The van der Waals surface area contributed by atoms with Crippen LogP contribution in [-0.2, 0) is 0 Å². The summed E-state index contributed by atoms with van der Waals surface area (Å²) in [4.78, 5) is 2.59. The Morgan fingerprint density at radius 2 is 2.15 bits per heavy atom. The van der Waals surface area contributed by atoms with E-state index in [4.69, 9.17) is 0 Å². The van der Waals surface area contributed by atoms with Crippen LogP contribution in [0.3, 0.4) is 0 Å². The lowest BCUT2D eigenvalue weighted by molar-refractivity contribution is 0.504. The quantitative estimate of drug-likeness (QED) is 0.760. The molecular formula is C16H17BrFNS. The lowest BCUT2D eigenvalue weighted by Crippen LogP contribution is -2.21. The van der Waals surface area contributed by atoms with Crippen LogP contribution in [0.5, 0.6) is 0 Å². The fourth-order valence-electron chi connectivity index (χ4n) is 2.47. The van der Waals surface area contributed by atoms with Crippen molar-refractivity contribution in [1.29, 1.82) is 0 Å². The van der Waals surface area contributed by atoms with Crippen LogP contribution in [0.4, 0.5) is 4.39 Å². The summed E-state index contributed by atoms with van der Waals surface area (Å²) in [5.74, 6) is 0.579. The highest BCUT2D eigenvalue weighted by atomic mass is 79.9. The highest BCUT2D eigenvalue weighted by molar-refractivity contribution is 9.10. The minimum Gasteiger partial charge on any atom is -0.309 e. The van der Waals surface area contributed by atoms with Crippen LogP contribution in [0.2, 0.25) is 0 Å². The first-order chi connectivity index (χ1) is 9.69. The summed E-state index contributed by atoms with van der Waals surface area (Å²) < 4.78 is 13.8. The molecule has 1 aliphatic rings. The average molecular weight is 354 g/mol. The van der Waals surface area contributed by atoms with Gasteiger partial charge in [-0.1, -0.05) is 13.0 Å². The van der Waals surface area contributed by atoms with Crippen molar-refractivity contribution in [2.75, 3.05) is 6.54 Å². The highest BCUT2D eigenvalue weighted by Crippen LogP contribution is 2.44. The Balaban J connectivity index is 1.86. The van der Waals surface area contributed by atoms with Gasteiger partial charge in [-0.05, 0) is 71.1 Å². The van der Waals surface area contributed by atoms with Gasteiger partial charge >= 0.3 is 0 Å². The van der Waals surface area contributed by atoms with Gasteiger partial charge in [-0.15, -0.1) is 11.3 Å². The number of nitrogens with one attached hydrogen (secondary N) is 1. The van der Waals surface area contributed by atoms with Crippen molar-refractivity contribution >= 4 is 27.3 Å². The average Bonchev–Trinajstić information content (AvgIpc) is 3.16. The van der Waals surface area contributed by atoms with Gasteiger partial charge in [0.1, 0.15) is 5.82 Å². The Kier molecular flexibility index (Phi) is 4.24. The molecule has 0 spiro atoms. The largest absolute Gasteiger partial charge is 0.309 e. The van der Waals surface area contributed by atoms with Crippen LogP contribution in [0, 0.1) is 11.7 Å². The van der Waals surface area contributed by atoms with Crippen molar-refractivity contribution in [3.63, 3.8) is 0 Å². The molecule has 20 heavy (non-hydrogen) atoms. The maximum atomic E-state index is 13.3. The standard InChI is InChI=1S/C16H17BrFNS/c1-2-19-16(10-3-4-10)15-8-7-14(20-15)11-5-6-13(18)12(17)9-11/h5-10,16,19H,2-4H2,1H3. The molecule has 0 radical (unpaired) electrons. The summed E-state index contributed by atoms with van der Waals surface area (Å²) in [7, 11) is 0. The van der Waals surface area contributed by atoms with Gasteiger partial charge in [0.2, 0.25) is 0 Å². The van der Waals surface area contributed by atoms with E-state index in [9.17, 15) is 4.39 Å². The van der Waals surface area contributed by atoms with Gasteiger partial charge in [-0.25, -0.2) is 4.39 Å². The zero-order valence-corrected chi connectivity index (χ0v) is 13.7. The summed E-state index contributed by atoms with van der Waals surface area (Å²) >= 11 is 5.07. The number of thiophene rings is 1. The van der Waals surface area contributed by atoms with E-state index in [2.05, 4.69) is 40.3 Å². The van der Waals surface area contributed by atoms with Crippen molar-refractivity contribution in [3.05, 3.63) is 45.5 Å². The molecule has 2 aromatic rings. The second-order valence-electron chi connectivity index (χ2n) is 5.20. The summed E-state index contributed by atoms with van der Waals surface area (Å²) in [5.41, 5.74) is 1.07. The van der Waals surface area contributed by atoms with Gasteiger partial charge in [-0.2, -0.15) is 0 Å². The molecule has 1 unspecified atom stereocenters. The molecule has 3 rings (SSSR count). The highest BCUT2D eigenvalue weighted by Gasteiger charge is 2.32. The fourth-order valence-corrected chi connectivity index (χ4v) is 4.03. The SMILES string of the molecule is CCNC(c1ccc(-c2ccc(F)c(Br)c2)s1)C1CC1. The maximum Gasteiger partial charge on any atom is 0.137 e. The van der Waals surface area contributed by atoms with Crippen molar-refractivity contribution in [3.8, 4) is 10.4 Å². The van der Waals surface area contributed by atoms with E-state index in [-0.39, 0.29) is 5.82 Å². The minimum atomic E-state index is -0.214. The summed E-state index contributed by atoms with van der Waals surface area (Å²) in [5, 5.41) is 3.59. The lowest BCUT2D eigenvalue weighted by Gasteiger charge is -2.15. The second kappa shape index (κ2) is 5.96. The Labute approximate surface area is 131 Å². The van der Waals surface area contributed by atoms with E-state index in [1.165, 1.54) is 28.7 Å². The summed E-state index contributed by atoms with van der Waals surface area (Å²) in [6, 6.07) is 10.1. The van der Waals surface area contributed by atoms with Crippen LogP contribution in [0.1, 0.15) is 30.7 Å². The molecule has 0 saturated heterocycles. The van der Waals surface area contributed by atoms with Crippen LogP contribution in [0.15, 0.2) is 34.8 Å². The second-order valence-corrected chi connectivity index (χ2v) is 7.17. The van der Waals surface area contributed by atoms with Crippen molar-refractivity contribution in [2.24, 2.45) is 5.92 Å². The molecule has 1 saturated carbocycles. The predicted molar refractivity (Wildman–Crippen MR) is 86.6 cm³/mol. The van der Waals surface area contributed by atoms with E-state index in [0.29, 0.717) is 10.5 Å². The van der Waals surface area contributed by atoms with Crippen molar-refractivity contribution < 1.29 is 4.39 Å². The first-order valence-electron chi connectivity index (χ1n) is 6.97. The monoisotopic (exact) mass is 353 g/mol. The number of halogens is 2. The van der Waals surface area contributed by atoms with E-state index in [1.54, 1.807) is 0 Å². The molecule has 0 amide bonds. The Hall–Kier alpha value is -0.710. The molecule has 0 aliphatic heterocycles. The van der Waals surface area contributed by atoms with E-state index in [0.717, 1.165) is 18.0 Å². The van der Waals surface area contributed by atoms with Crippen molar-refractivity contribution in [2.45, 2.75) is 25.8 Å². The first-order valence-corrected chi connectivity index (χ1v) is 8.58. The normalized spacial score (nSPS) is 16.4. The van der Waals surface area contributed by atoms with E-state index >= 15 is 0 Å². The van der Waals surface area contributed by atoms with E-state index < -0.39 is 0 Å². The molecule has 1 fully saturated rings. The van der Waals surface area contributed by atoms with Crippen molar-refractivity contribution in [1.82, 2.24) is 5.32 Å². The van der Waals surface area contributed by atoms with Gasteiger partial charge in [0.05, 0.1) is 4.47 Å². The molecule has 0 bridgehead atoms. The zero-order chi connectivity index (χ0) is 14.1. The molecule has 1 nitrogen and oxygen atoms in total. The van der Waals surface area contributed by atoms with E-state index in [1.807, 2.05) is 23.5 Å². The third kappa shape index (κ3) is 2.97. The summed E-state index contributed by atoms with van der Waals surface area (Å²) in [6.07, 6.45) is 2.65. The van der Waals surface area contributed by atoms with Gasteiger partial charge in [0.25, 0.3) is 0 Å². The Bertz CT molecular complexity index is 606. The van der Waals surface area contributed by atoms with Gasteiger partial charge in [0, 0.05) is 15.8 Å². The molecule has 106 valence electrons.